The minimum absolute atomic E-state index is 0.0680. The highest BCUT2D eigenvalue weighted by atomic mass is 16.8. The summed E-state index contributed by atoms with van der Waals surface area (Å²) in [5, 5.41) is 126. The third kappa shape index (κ3) is 9.90. The van der Waals surface area contributed by atoms with Gasteiger partial charge in [0.15, 0.2) is 25.2 Å². The van der Waals surface area contributed by atoms with Gasteiger partial charge in [-0.1, -0.05) is 32.4 Å². The summed E-state index contributed by atoms with van der Waals surface area (Å²) in [5.74, 6) is 2.80. The average molecular weight is 1030 g/mol. The third-order valence-electron chi connectivity index (χ3n) is 18.8. The second kappa shape index (κ2) is 21.7. The van der Waals surface area contributed by atoms with Gasteiger partial charge < -0.3 is 104 Å². The lowest BCUT2D eigenvalue weighted by Gasteiger charge is -2.58. The van der Waals surface area contributed by atoms with Crippen molar-refractivity contribution in [2.24, 2.45) is 40.4 Å². The van der Waals surface area contributed by atoms with Gasteiger partial charge in [0.25, 0.3) is 0 Å². The molecule has 5 heterocycles. The van der Waals surface area contributed by atoms with Crippen LogP contribution in [0.4, 0.5) is 0 Å². The normalized spacial score (nSPS) is 52.9. The fourth-order valence-corrected chi connectivity index (χ4v) is 14.5. The summed E-state index contributed by atoms with van der Waals surface area (Å²) in [6.45, 7) is 11.1. The van der Waals surface area contributed by atoms with Crippen molar-refractivity contribution >= 4 is 0 Å². The molecule has 412 valence electrons. The van der Waals surface area contributed by atoms with E-state index in [9.17, 15) is 61.3 Å². The van der Waals surface area contributed by atoms with Crippen molar-refractivity contribution in [2.75, 3.05) is 19.8 Å². The first-order valence-corrected chi connectivity index (χ1v) is 26.4. The van der Waals surface area contributed by atoms with Crippen LogP contribution in [0.1, 0.15) is 99.3 Å². The Hall–Kier alpha value is -1.52. The summed E-state index contributed by atoms with van der Waals surface area (Å²) in [5.41, 5.74) is 2.59. The predicted molar refractivity (Wildman–Crippen MR) is 247 cm³/mol. The summed E-state index contributed by atoms with van der Waals surface area (Å²) >= 11 is 0. The van der Waals surface area contributed by atoms with E-state index in [2.05, 4.69) is 26.8 Å². The van der Waals surface area contributed by atoms with Gasteiger partial charge in [-0.15, -0.1) is 0 Å². The average Bonchev–Trinajstić information content (AvgIpc) is 3.85. The van der Waals surface area contributed by atoms with E-state index in [4.69, 9.17) is 42.6 Å². The zero-order valence-electron chi connectivity index (χ0n) is 42.2. The number of aliphatic hydroxyl groups is 12. The van der Waals surface area contributed by atoms with E-state index >= 15 is 0 Å². The molecule has 0 aromatic carbocycles. The van der Waals surface area contributed by atoms with Gasteiger partial charge in [0.05, 0.1) is 43.9 Å². The zero-order chi connectivity index (χ0) is 51.9. The van der Waals surface area contributed by atoms with Gasteiger partial charge in [-0.25, -0.2) is 0 Å². The van der Waals surface area contributed by atoms with Gasteiger partial charge >= 0.3 is 0 Å². The first-order valence-electron chi connectivity index (χ1n) is 26.4. The molecule has 21 heteroatoms. The quantitative estimate of drug-likeness (QED) is 0.0926. The van der Waals surface area contributed by atoms with Crippen molar-refractivity contribution < 1.29 is 104 Å². The van der Waals surface area contributed by atoms with Crippen molar-refractivity contribution in [1.29, 1.82) is 0 Å². The molecule has 4 unspecified atom stereocenters. The lowest BCUT2D eigenvalue weighted by atomic mass is 9.47. The second-order valence-corrected chi connectivity index (χ2v) is 23.2. The summed E-state index contributed by atoms with van der Waals surface area (Å²) in [6.07, 6.45) is -18.8. The van der Waals surface area contributed by atoms with E-state index in [0.29, 0.717) is 36.5 Å². The van der Waals surface area contributed by atoms with E-state index in [-0.39, 0.29) is 29.5 Å². The Morgan fingerprint density at radius 1 is 0.653 bits per heavy atom. The Labute approximate surface area is 420 Å². The molecule has 72 heavy (non-hydrogen) atoms. The van der Waals surface area contributed by atoms with Crippen LogP contribution in [0.25, 0.3) is 0 Å². The molecule has 5 aliphatic heterocycles. The maximum Gasteiger partial charge on any atom is 0.187 e. The Kier molecular flexibility index (Phi) is 16.7. The van der Waals surface area contributed by atoms with Gasteiger partial charge in [0.1, 0.15) is 91.6 Å². The van der Waals surface area contributed by atoms with Crippen LogP contribution in [-0.2, 0) is 42.6 Å². The Morgan fingerprint density at radius 3 is 1.89 bits per heavy atom. The molecule has 9 rings (SSSR count). The molecule has 0 radical (unpaired) electrons. The summed E-state index contributed by atoms with van der Waals surface area (Å²) in [6, 6.07) is 0. The molecule has 0 spiro atoms. The van der Waals surface area contributed by atoms with Gasteiger partial charge in [-0.2, -0.15) is 0 Å². The molecule has 4 aliphatic carbocycles. The molecule has 0 amide bonds. The lowest BCUT2D eigenvalue weighted by molar-refractivity contribution is -0.388. The summed E-state index contributed by atoms with van der Waals surface area (Å²) < 4.78 is 54.8. The molecular weight excluding hydrogens is 949 g/mol. The number of aliphatic hydroxyl groups excluding tert-OH is 12. The number of hydrogen-bond donors (Lipinski definition) is 12. The minimum atomic E-state index is -1.74. The molecule has 12 N–H and O–H groups in total. The largest absolute Gasteiger partial charge is 0.494 e. The molecule has 29 atom stereocenters. The number of rotatable bonds is 14. The van der Waals surface area contributed by atoms with Crippen molar-refractivity contribution in [2.45, 2.75) is 234 Å². The van der Waals surface area contributed by atoms with Crippen LogP contribution in [0.5, 0.6) is 0 Å². The van der Waals surface area contributed by atoms with Crippen LogP contribution < -0.4 is 0 Å². The summed E-state index contributed by atoms with van der Waals surface area (Å²) in [4.78, 5) is 0. The maximum atomic E-state index is 12.0. The number of ether oxygens (including phenoxy) is 9. The van der Waals surface area contributed by atoms with Crippen LogP contribution in [0, 0.1) is 40.4 Å². The van der Waals surface area contributed by atoms with Crippen LogP contribution in [0.3, 0.4) is 0 Å². The lowest BCUT2D eigenvalue weighted by Crippen LogP contribution is -2.66. The van der Waals surface area contributed by atoms with Crippen molar-refractivity contribution in [3.8, 4) is 0 Å². The molecule has 3 saturated carbocycles. The standard InChI is InChI=1S/C51H82O21/c1-20(19-64-46-40(60)39(59)36(56)31(17-52)69-46)7-10-29-21(2)33-30(68-29)16-28-26-9-8-24-15-25(11-13-50(24,5)27(26)12-14-51(28,33)6)67-49-45(72-48-42(62)38(58)35(55)23(4)66-48)43(63)44(32(18-53)70-49)71-47-41(61)37(57)34(54)22(3)65-47/h8,20,22-23,25-28,30-49,52-63H,7,9-19H2,1-6H3/t20-,22-,23-,25?,26+,27-,28-,30-,31+,32+,33-,34-,35-,36+,37+,38+,39-,40+,41+,42+,43-,44?,45+,46?,47-,48?,49+,50-,51-/m0/s1. The predicted octanol–water partition coefficient (Wildman–Crippen LogP) is -1.03. The van der Waals surface area contributed by atoms with Gasteiger partial charge in [-0.3, -0.25) is 0 Å². The monoisotopic (exact) mass is 1030 g/mol. The van der Waals surface area contributed by atoms with E-state index in [0.717, 1.165) is 50.7 Å². The smallest absolute Gasteiger partial charge is 0.187 e. The molecule has 0 aromatic heterocycles. The molecule has 7 fully saturated rings. The molecule has 0 aromatic rings. The highest BCUT2D eigenvalue weighted by Crippen LogP contribution is 2.69. The third-order valence-corrected chi connectivity index (χ3v) is 18.8. The number of allylic oxidation sites excluding steroid dienone is 2. The van der Waals surface area contributed by atoms with E-state index < -0.39 is 142 Å². The van der Waals surface area contributed by atoms with Crippen molar-refractivity contribution in [3.63, 3.8) is 0 Å². The van der Waals surface area contributed by atoms with E-state index in [1.165, 1.54) is 25.0 Å². The first kappa shape index (κ1) is 55.2. The first-order chi connectivity index (χ1) is 34.1. The van der Waals surface area contributed by atoms with Gasteiger partial charge in [0.2, 0.25) is 0 Å². The molecule has 0 bridgehead atoms. The Balaban J connectivity index is 0.849. The van der Waals surface area contributed by atoms with E-state index in [1.54, 1.807) is 0 Å². The molecule has 4 saturated heterocycles. The summed E-state index contributed by atoms with van der Waals surface area (Å²) in [7, 11) is 0. The number of hydrogen-bond acceptors (Lipinski definition) is 21. The van der Waals surface area contributed by atoms with Gasteiger partial charge in [-0.05, 0) is 112 Å². The van der Waals surface area contributed by atoms with Crippen LogP contribution >= 0.6 is 0 Å². The minimum Gasteiger partial charge on any atom is -0.494 e. The van der Waals surface area contributed by atoms with E-state index in [1.807, 2.05) is 6.92 Å². The van der Waals surface area contributed by atoms with Crippen molar-refractivity contribution in [1.82, 2.24) is 0 Å². The highest BCUT2D eigenvalue weighted by molar-refractivity contribution is 5.30. The van der Waals surface area contributed by atoms with Crippen molar-refractivity contribution in [3.05, 3.63) is 23.0 Å². The Morgan fingerprint density at radius 2 is 1.25 bits per heavy atom. The van der Waals surface area contributed by atoms with Crippen LogP contribution in [-0.4, -0.2) is 216 Å². The highest BCUT2D eigenvalue weighted by Gasteiger charge is 2.64. The fraction of sp³-hybridized carbons (Fsp3) is 0.922. The zero-order valence-corrected chi connectivity index (χ0v) is 42.2. The molecule has 9 aliphatic rings. The SMILES string of the molecule is CC1=C(CC[C@H](C)COC2O[C@H](CO)[C@@H](O)[C@H](O)[C@H]2O)O[C@H]2C[C@H]3[C@@H]4CC=C5CC(O[C@@H]6O[C@H](CO)C(O[C@@H]7O[C@@H](C)[C@H](O)[C@@H](O)[C@H]7O)[C@H](O)[C@H]6OC6O[C@@H](C)[C@H](O)[C@@H](O)[C@H]6O)CC[C@]5(C)[C@H]4CC[C@]3(C)[C@@H]12. The maximum absolute atomic E-state index is 12.0. The second-order valence-electron chi connectivity index (χ2n) is 23.2. The Bertz CT molecular complexity index is 1920. The molecule has 21 nitrogen and oxygen atoms in total. The van der Waals surface area contributed by atoms with Crippen LogP contribution in [0.2, 0.25) is 0 Å². The molecular formula is C51H82O21. The number of fused-ring (bicyclic) bond motifs is 7. The van der Waals surface area contributed by atoms with Crippen LogP contribution in [0.15, 0.2) is 23.0 Å². The fourth-order valence-electron chi connectivity index (χ4n) is 14.5. The van der Waals surface area contributed by atoms with Gasteiger partial charge in [0, 0.05) is 12.3 Å². The topological polar surface area (TPSA) is 326 Å².